The van der Waals surface area contributed by atoms with Crippen LogP contribution in [0.2, 0.25) is 0 Å². The predicted molar refractivity (Wildman–Crippen MR) is 82.6 cm³/mol. The third kappa shape index (κ3) is 3.32. The Morgan fingerprint density at radius 1 is 0.583 bits per heavy atom. The number of phenolic OH excluding ortho intramolecular Hbond substituents is 1. The molecule has 0 atom stereocenters. The van der Waals surface area contributed by atoms with Crippen LogP contribution in [0.4, 0.5) is 34.6 Å². The molecule has 24 heavy (non-hydrogen) atoms. The molecule has 122 valence electrons. The standard InChI is InChI=1S/C18H11F4NO/c19-11-4-12(20)7-16(6-11)23(15-2-1-3-18(24)10-15)17-8-13(21)5-14(22)9-17/h1-10,24H. The van der Waals surface area contributed by atoms with E-state index in [1.165, 1.54) is 29.2 Å². The van der Waals surface area contributed by atoms with Crippen LogP contribution in [0.3, 0.4) is 0 Å². The van der Waals surface area contributed by atoms with Crippen LogP contribution in [0.5, 0.6) is 5.75 Å². The van der Waals surface area contributed by atoms with Gasteiger partial charge in [-0.15, -0.1) is 0 Å². The van der Waals surface area contributed by atoms with Gasteiger partial charge in [-0.3, -0.25) is 0 Å². The minimum absolute atomic E-state index is 0.0168. The molecule has 0 aliphatic heterocycles. The van der Waals surface area contributed by atoms with Crippen molar-refractivity contribution in [1.29, 1.82) is 0 Å². The fourth-order valence-corrected chi connectivity index (χ4v) is 2.42. The van der Waals surface area contributed by atoms with Crippen molar-refractivity contribution in [2.45, 2.75) is 0 Å². The number of hydrogen-bond donors (Lipinski definition) is 1. The quantitative estimate of drug-likeness (QED) is 0.647. The number of rotatable bonds is 3. The number of phenols is 1. The molecule has 0 aliphatic carbocycles. The predicted octanol–water partition coefficient (Wildman–Crippen LogP) is 5.42. The van der Waals surface area contributed by atoms with Gasteiger partial charge in [-0.05, 0) is 36.4 Å². The van der Waals surface area contributed by atoms with Crippen LogP contribution in [0.1, 0.15) is 0 Å². The first-order valence-corrected chi connectivity index (χ1v) is 6.94. The van der Waals surface area contributed by atoms with Crippen molar-refractivity contribution in [3.05, 3.63) is 83.9 Å². The molecule has 3 aromatic carbocycles. The molecule has 3 aromatic rings. The lowest BCUT2D eigenvalue weighted by atomic mass is 10.1. The summed E-state index contributed by atoms with van der Waals surface area (Å²) in [5.41, 5.74) is 0.316. The second kappa shape index (κ2) is 6.23. The zero-order chi connectivity index (χ0) is 17.3. The van der Waals surface area contributed by atoms with Gasteiger partial charge in [-0.25, -0.2) is 17.6 Å². The highest BCUT2D eigenvalue weighted by molar-refractivity contribution is 5.77. The van der Waals surface area contributed by atoms with Crippen LogP contribution in [0.15, 0.2) is 60.7 Å². The number of benzene rings is 3. The normalized spacial score (nSPS) is 10.7. The number of hydrogen-bond acceptors (Lipinski definition) is 2. The van der Waals surface area contributed by atoms with Gasteiger partial charge in [0, 0.05) is 23.9 Å². The van der Waals surface area contributed by atoms with Gasteiger partial charge < -0.3 is 10.0 Å². The lowest BCUT2D eigenvalue weighted by Gasteiger charge is -2.25. The first-order valence-electron chi connectivity index (χ1n) is 6.94. The van der Waals surface area contributed by atoms with Crippen LogP contribution in [-0.4, -0.2) is 5.11 Å². The van der Waals surface area contributed by atoms with Gasteiger partial charge in [0.15, 0.2) is 0 Å². The van der Waals surface area contributed by atoms with E-state index in [2.05, 4.69) is 0 Å². The van der Waals surface area contributed by atoms with Crippen LogP contribution >= 0.6 is 0 Å². The lowest BCUT2D eigenvalue weighted by Crippen LogP contribution is -2.11. The molecule has 0 radical (unpaired) electrons. The minimum Gasteiger partial charge on any atom is -0.508 e. The van der Waals surface area contributed by atoms with Gasteiger partial charge in [-0.1, -0.05) is 6.07 Å². The van der Waals surface area contributed by atoms with Gasteiger partial charge in [0.2, 0.25) is 0 Å². The van der Waals surface area contributed by atoms with E-state index in [0.29, 0.717) is 12.1 Å². The van der Waals surface area contributed by atoms with E-state index in [4.69, 9.17) is 0 Å². The number of nitrogens with zero attached hydrogens (tertiary/aromatic N) is 1. The highest BCUT2D eigenvalue weighted by atomic mass is 19.1. The van der Waals surface area contributed by atoms with Crippen LogP contribution in [0.25, 0.3) is 0 Å². The molecule has 0 saturated heterocycles. The van der Waals surface area contributed by atoms with Crippen LogP contribution in [0, 0.1) is 23.3 Å². The van der Waals surface area contributed by atoms with Crippen molar-refractivity contribution < 1.29 is 22.7 Å². The van der Waals surface area contributed by atoms with E-state index in [-0.39, 0.29) is 22.8 Å². The molecule has 0 fully saturated rings. The van der Waals surface area contributed by atoms with E-state index in [9.17, 15) is 22.7 Å². The highest BCUT2D eigenvalue weighted by Crippen LogP contribution is 2.37. The summed E-state index contributed by atoms with van der Waals surface area (Å²) in [7, 11) is 0. The molecule has 0 bridgehead atoms. The summed E-state index contributed by atoms with van der Waals surface area (Å²) in [6, 6.07) is 11.2. The smallest absolute Gasteiger partial charge is 0.128 e. The van der Waals surface area contributed by atoms with Crippen LogP contribution < -0.4 is 4.90 Å². The van der Waals surface area contributed by atoms with Gasteiger partial charge in [0.05, 0.1) is 11.4 Å². The van der Waals surface area contributed by atoms with Gasteiger partial charge in [-0.2, -0.15) is 0 Å². The Labute approximate surface area is 135 Å². The van der Waals surface area contributed by atoms with Crippen molar-refractivity contribution in [1.82, 2.24) is 0 Å². The Balaban J connectivity index is 2.24. The van der Waals surface area contributed by atoms with Crippen molar-refractivity contribution in [2.24, 2.45) is 0 Å². The summed E-state index contributed by atoms with van der Waals surface area (Å²) >= 11 is 0. The van der Waals surface area contributed by atoms with Crippen molar-refractivity contribution in [2.75, 3.05) is 4.90 Å². The SMILES string of the molecule is Oc1cccc(N(c2cc(F)cc(F)c2)c2cc(F)cc(F)c2)c1. The summed E-state index contributed by atoms with van der Waals surface area (Å²) in [4.78, 5) is 1.23. The topological polar surface area (TPSA) is 23.5 Å². The van der Waals surface area contributed by atoms with E-state index in [1.807, 2.05) is 0 Å². The Morgan fingerprint density at radius 2 is 1.04 bits per heavy atom. The summed E-state index contributed by atoms with van der Waals surface area (Å²) in [6.07, 6.45) is 0. The Hall–Kier alpha value is -3.02. The van der Waals surface area contributed by atoms with E-state index in [1.54, 1.807) is 0 Å². The van der Waals surface area contributed by atoms with Crippen molar-refractivity contribution in [3.63, 3.8) is 0 Å². The van der Waals surface area contributed by atoms with Crippen molar-refractivity contribution in [3.8, 4) is 5.75 Å². The maximum Gasteiger partial charge on any atom is 0.128 e. The molecule has 0 spiro atoms. The molecule has 0 heterocycles. The average Bonchev–Trinajstić information content (AvgIpc) is 2.45. The third-order valence-electron chi connectivity index (χ3n) is 3.30. The summed E-state index contributed by atoms with van der Waals surface area (Å²) in [5, 5.41) is 9.65. The molecule has 0 aromatic heterocycles. The van der Waals surface area contributed by atoms with E-state index < -0.39 is 23.3 Å². The van der Waals surface area contributed by atoms with E-state index >= 15 is 0 Å². The molecule has 0 unspecified atom stereocenters. The Kier molecular flexibility index (Phi) is 4.12. The second-order valence-electron chi connectivity index (χ2n) is 5.11. The number of anilines is 3. The maximum atomic E-state index is 13.6. The van der Waals surface area contributed by atoms with Gasteiger partial charge >= 0.3 is 0 Å². The fourth-order valence-electron chi connectivity index (χ4n) is 2.42. The summed E-state index contributed by atoms with van der Waals surface area (Å²) in [5.74, 6) is -3.47. The first kappa shape index (κ1) is 15.9. The van der Waals surface area contributed by atoms with Gasteiger partial charge in [0.25, 0.3) is 0 Å². The maximum absolute atomic E-state index is 13.6. The summed E-state index contributed by atoms with van der Waals surface area (Å²) in [6.45, 7) is 0. The summed E-state index contributed by atoms with van der Waals surface area (Å²) < 4.78 is 54.4. The fraction of sp³-hybridized carbons (Fsp3) is 0. The van der Waals surface area contributed by atoms with Crippen LogP contribution in [-0.2, 0) is 0 Å². The average molecular weight is 333 g/mol. The Morgan fingerprint density at radius 3 is 1.46 bits per heavy atom. The first-order chi connectivity index (χ1) is 11.4. The molecule has 0 amide bonds. The third-order valence-corrected chi connectivity index (χ3v) is 3.30. The molecule has 1 N–H and O–H groups in total. The molecular weight excluding hydrogens is 322 g/mol. The largest absolute Gasteiger partial charge is 0.508 e. The minimum atomic E-state index is -0.841. The number of aromatic hydroxyl groups is 1. The molecule has 0 aliphatic rings. The Bertz CT molecular complexity index is 806. The second-order valence-corrected chi connectivity index (χ2v) is 5.11. The van der Waals surface area contributed by atoms with Crippen molar-refractivity contribution >= 4 is 17.1 Å². The zero-order valence-electron chi connectivity index (χ0n) is 12.2. The zero-order valence-corrected chi connectivity index (χ0v) is 12.2. The molecule has 6 heteroatoms. The van der Waals surface area contributed by atoms with Gasteiger partial charge in [0.1, 0.15) is 29.0 Å². The monoisotopic (exact) mass is 333 g/mol. The molecular formula is C18H11F4NO. The number of halogens is 4. The molecule has 2 nitrogen and oxygen atoms in total. The van der Waals surface area contributed by atoms with E-state index in [0.717, 1.165) is 24.3 Å². The highest BCUT2D eigenvalue weighted by Gasteiger charge is 2.16. The molecule has 0 saturated carbocycles. The lowest BCUT2D eigenvalue weighted by molar-refractivity contribution is 0.475. The molecule has 3 rings (SSSR count).